The molecule has 1 saturated carbocycles. The van der Waals surface area contributed by atoms with E-state index in [1.165, 1.54) is 0 Å². The standard InChI is InChI=1S/C23H26O5/c1-3-5-11-26-21(24)23(14-19(23)4-2)22(25)28-16-18-13-20(27-15-18)12-17-9-7-6-8-10-17/h4,6-10,13,15,19H,2-3,5,11-12,14,16H2,1H3. The first kappa shape index (κ1) is 19.9. The van der Waals surface area contributed by atoms with E-state index in [9.17, 15) is 9.59 Å². The Labute approximate surface area is 165 Å². The van der Waals surface area contributed by atoms with Gasteiger partial charge in [-0.15, -0.1) is 6.58 Å². The minimum Gasteiger partial charge on any atom is -0.469 e. The molecule has 0 bridgehead atoms. The number of benzene rings is 1. The van der Waals surface area contributed by atoms with E-state index >= 15 is 0 Å². The maximum absolute atomic E-state index is 12.6. The number of carbonyl (C=O) groups is 2. The zero-order valence-corrected chi connectivity index (χ0v) is 16.2. The summed E-state index contributed by atoms with van der Waals surface area (Å²) in [6.07, 6.45) is 5.95. The van der Waals surface area contributed by atoms with Crippen LogP contribution in [0.5, 0.6) is 0 Å². The molecular formula is C23H26O5. The lowest BCUT2D eigenvalue weighted by atomic mass is 10.0. The van der Waals surface area contributed by atoms with Crippen LogP contribution in [0.3, 0.4) is 0 Å². The third kappa shape index (κ3) is 4.35. The first-order valence-electron chi connectivity index (χ1n) is 9.67. The first-order chi connectivity index (χ1) is 13.6. The fourth-order valence-corrected chi connectivity index (χ4v) is 3.23. The lowest BCUT2D eigenvalue weighted by molar-refractivity contribution is -0.166. The van der Waals surface area contributed by atoms with Crippen LogP contribution in [0.4, 0.5) is 0 Å². The zero-order chi connectivity index (χ0) is 20.0. The van der Waals surface area contributed by atoms with Gasteiger partial charge >= 0.3 is 11.9 Å². The molecule has 5 nitrogen and oxygen atoms in total. The molecular weight excluding hydrogens is 356 g/mol. The molecule has 28 heavy (non-hydrogen) atoms. The Bertz CT molecular complexity index is 823. The minimum atomic E-state index is -1.23. The lowest BCUT2D eigenvalue weighted by Crippen LogP contribution is -2.31. The van der Waals surface area contributed by atoms with Gasteiger partial charge < -0.3 is 13.9 Å². The van der Waals surface area contributed by atoms with Gasteiger partial charge in [-0.25, -0.2) is 0 Å². The maximum Gasteiger partial charge on any atom is 0.324 e. The van der Waals surface area contributed by atoms with Crippen molar-refractivity contribution in [2.45, 2.75) is 39.2 Å². The summed E-state index contributed by atoms with van der Waals surface area (Å²) < 4.78 is 16.3. The van der Waals surface area contributed by atoms with Gasteiger partial charge in [0.1, 0.15) is 12.4 Å². The van der Waals surface area contributed by atoms with Crippen LogP contribution in [0.15, 0.2) is 59.7 Å². The number of allylic oxidation sites excluding steroid dienone is 1. The van der Waals surface area contributed by atoms with E-state index in [0.29, 0.717) is 19.4 Å². The minimum absolute atomic E-state index is 0.0605. The van der Waals surface area contributed by atoms with Crippen LogP contribution in [0.2, 0.25) is 0 Å². The van der Waals surface area contributed by atoms with Crippen molar-refractivity contribution >= 4 is 11.9 Å². The molecule has 1 aliphatic carbocycles. The summed E-state index contributed by atoms with van der Waals surface area (Å²) in [5, 5.41) is 0. The molecule has 0 aliphatic heterocycles. The summed E-state index contributed by atoms with van der Waals surface area (Å²) >= 11 is 0. The van der Waals surface area contributed by atoms with Gasteiger partial charge in [-0.05, 0) is 24.5 Å². The van der Waals surface area contributed by atoms with Crippen LogP contribution in [-0.4, -0.2) is 18.5 Å². The Morgan fingerprint density at radius 2 is 1.96 bits per heavy atom. The molecule has 2 aromatic rings. The second kappa shape index (κ2) is 8.91. The number of carbonyl (C=O) groups excluding carboxylic acids is 2. The highest BCUT2D eigenvalue weighted by Gasteiger charge is 2.67. The van der Waals surface area contributed by atoms with E-state index in [1.807, 2.05) is 43.3 Å². The average Bonchev–Trinajstić information content (AvgIpc) is 3.31. The third-order valence-corrected chi connectivity index (χ3v) is 5.06. The van der Waals surface area contributed by atoms with Crippen LogP contribution < -0.4 is 0 Å². The zero-order valence-electron chi connectivity index (χ0n) is 16.2. The third-order valence-electron chi connectivity index (χ3n) is 5.06. The summed E-state index contributed by atoms with van der Waals surface area (Å²) in [6.45, 7) is 6.10. The Morgan fingerprint density at radius 1 is 1.21 bits per heavy atom. The van der Waals surface area contributed by atoms with Gasteiger partial charge in [0.25, 0.3) is 0 Å². The molecule has 2 atom stereocenters. The molecule has 0 amide bonds. The molecule has 148 valence electrons. The molecule has 1 aliphatic rings. The smallest absolute Gasteiger partial charge is 0.324 e. The van der Waals surface area contributed by atoms with E-state index < -0.39 is 17.4 Å². The Hall–Kier alpha value is -2.82. The number of unbranched alkanes of at least 4 members (excludes halogenated alkanes) is 1. The SMILES string of the molecule is C=CC1CC1(C(=O)OCCCC)C(=O)OCc1coc(Cc2ccccc2)c1. The summed E-state index contributed by atoms with van der Waals surface area (Å²) in [7, 11) is 0. The maximum atomic E-state index is 12.6. The number of rotatable bonds is 10. The van der Waals surface area contributed by atoms with E-state index in [2.05, 4.69) is 6.58 Å². The molecule has 0 N–H and O–H groups in total. The molecule has 1 aromatic heterocycles. The van der Waals surface area contributed by atoms with Gasteiger partial charge in [-0.2, -0.15) is 0 Å². The van der Waals surface area contributed by atoms with E-state index in [-0.39, 0.29) is 12.5 Å². The molecule has 2 unspecified atom stereocenters. The van der Waals surface area contributed by atoms with Gasteiger partial charge in [0.15, 0.2) is 5.41 Å². The highest BCUT2D eigenvalue weighted by atomic mass is 16.6. The van der Waals surface area contributed by atoms with Gasteiger partial charge in [0.2, 0.25) is 0 Å². The van der Waals surface area contributed by atoms with Crippen LogP contribution in [0.25, 0.3) is 0 Å². The largest absolute Gasteiger partial charge is 0.469 e. The van der Waals surface area contributed by atoms with Gasteiger partial charge in [-0.3, -0.25) is 9.59 Å². The number of esters is 2. The number of hydrogen-bond donors (Lipinski definition) is 0. The molecule has 1 fully saturated rings. The quantitative estimate of drug-likeness (QED) is 0.263. The predicted octanol–water partition coefficient (Wildman–Crippen LogP) is 4.45. The molecule has 1 heterocycles. The monoisotopic (exact) mass is 382 g/mol. The summed E-state index contributed by atoms with van der Waals surface area (Å²) in [5.74, 6) is -0.494. The van der Waals surface area contributed by atoms with Crippen molar-refractivity contribution in [2.75, 3.05) is 6.61 Å². The Balaban J connectivity index is 1.56. The molecule has 1 aromatic carbocycles. The number of hydrogen-bond acceptors (Lipinski definition) is 5. The van der Waals surface area contributed by atoms with Crippen LogP contribution in [0, 0.1) is 11.3 Å². The van der Waals surface area contributed by atoms with Crippen molar-refractivity contribution in [1.82, 2.24) is 0 Å². The predicted molar refractivity (Wildman–Crippen MR) is 104 cm³/mol. The molecule has 0 spiro atoms. The fourth-order valence-electron chi connectivity index (χ4n) is 3.23. The van der Waals surface area contributed by atoms with Crippen molar-refractivity contribution in [3.05, 3.63) is 72.2 Å². The molecule has 5 heteroatoms. The fraction of sp³-hybridized carbons (Fsp3) is 0.391. The molecule has 0 saturated heterocycles. The van der Waals surface area contributed by atoms with Gasteiger partial charge in [-0.1, -0.05) is 49.8 Å². The second-order valence-corrected chi connectivity index (χ2v) is 7.17. The van der Waals surface area contributed by atoms with E-state index in [1.54, 1.807) is 12.3 Å². The average molecular weight is 382 g/mol. The Kier molecular flexibility index (Phi) is 6.34. The molecule has 3 rings (SSSR count). The van der Waals surface area contributed by atoms with Crippen molar-refractivity contribution < 1.29 is 23.5 Å². The normalized spacial score (nSPS) is 20.4. The van der Waals surface area contributed by atoms with Crippen LogP contribution in [0.1, 0.15) is 43.1 Å². The van der Waals surface area contributed by atoms with E-state index in [4.69, 9.17) is 13.9 Å². The summed E-state index contributed by atoms with van der Waals surface area (Å²) in [5.41, 5.74) is 0.664. The van der Waals surface area contributed by atoms with Crippen LogP contribution in [-0.2, 0) is 32.1 Å². The van der Waals surface area contributed by atoms with Gasteiger partial charge in [0, 0.05) is 17.9 Å². The highest BCUT2D eigenvalue weighted by Crippen LogP contribution is 2.55. The Morgan fingerprint density at radius 3 is 2.64 bits per heavy atom. The number of ether oxygens (including phenoxy) is 2. The van der Waals surface area contributed by atoms with Crippen molar-refractivity contribution in [3.8, 4) is 0 Å². The lowest BCUT2D eigenvalue weighted by Gasteiger charge is -2.14. The van der Waals surface area contributed by atoms with E-state index in [0.717, 1.165) is 29.7 Å². The van der Waals surface area contributed by atoms with Crippen molar-refractivity contribution in [3.63, 3.8) is 0 Å². The number of furan rings is 1. The van der Waals surface area contributed by atoms with Crippen molar-refractivity contribution in [1.29, 1.82) is 0 Å². The van der Waals surface area contributed by atoms with Crippen LogP contribution >= 0.6 is 0 Å². The van der Waals surface area contributed by atoms with Crippen molar-refractivity contribution in [2.24, 2.45) is 11.3 Å². The summed E-state index contributed by atoms with van der Waals surface area (Å²) in [6, 6.07) is 11.8. The highest BCUT2D eigenvalue weighted by molar-refractivity contribution is 6.04. The summed E-state index contributed by atoms with van der Waals surface area (Å²) in [4.78, 5) is 25.1. The first-order valence-corrected chi connectivity index (χ1v) is 9.67. The topological polar surface area (TPSA) is 65.7 Å². The van der Waals surface area contributed by atoms with Gasteiger partial charge in [0.05, 0.1) is 12.9 Å². The second-order valence-electron chi connectivity index (χ2n) is 7.17. The molecule has 0 radical (unpaired) electrons.